The Bertz CT molecular complexity index is 1340. The monoisotopic (exact) mass is 470 g/mol. The van der Waals surface area contributed by atoms with Crippen molar-refractivity contribution in [2.75, 3.05) is 26.3 Å². The van der Waals surface area contributed by atoms with Crippen molar-refractivity contribution in [1.82, 2.24) is 9.80 Å². The Morgan fingerprint density at radius 1 is 0.486 bits per heavy atom. The summed E-state index contributed by atoms with van der Waals surface area (Å²) < 4.78 is 31.3. The van der Waals surface area contributed by atoms with Crippen LogP contribution in [-0.4, -0.2) is 36.1 Å². The van der Waals surface area contributed by atoms with E-state index in [0.29, 0.717) is 52.5 Å². The van der Waals surface area contributed by atoms with Crippen molar-refractivity contribution in [3.63, 3.8) is 0 Å². The Morgan fingerprint density at radius 2 is 0.914 bits per heavy atom. The van der Waals surface area contributed by atoms with Gasteiger partial charge in [0.25, 0.3) is 0 Å². The molecule has 0 saturated heterocycles. The van der Waals surface area contributed by atoms with E-state index < -0.39 is 0 Å². The summed E-state index contributed by atoms with van der Waals surface area (Å²) in [5, 5.41) is 2.06. The molecule has 8 bridgehead atoms. The quantitative estimate of drug-likeness (QED) is 0.294. The first-order valence-electron chi connectivity index (χ1n) is 12.1. The van der Waals surface area contributed by atoms with Crippen LogP contribution >= 0.6 is 0 Å². The van der Waals surface area contributed by atoms with Gasteiger partial charge in [-0.1, -0.05) is 24.3 Å². The summed E-state index contributed by atoms with van der Waals surface area (Å²) in [6.07, 6.45) is 0. The molecular weight excluding hydrogens is 444 g/mol. The molecule has 0 saturated carbocycles. The molecule has 0 fully saturated rings. The van der Waals surface area contributed by atoms with Crippen LogP contribution in [0.15, 0.2) is 73.9 Å². The fourth-order valence-corrected chi connectivity index (χ4v) is 5.06. The smallest absolute Gasteiger partial charge is 0.177 e. The molecule has 3 aliphatic rings. The van der Waals surface area contributed by atoms with E-state index in [2.05, 4.69) is 46.2 Å². The Kier molecular flexibility index (Phi) is 5.03. The van der Waals surface area contributed by atoms with E-state index in [-0.39, 0.29) is 0 Å². The van der Waals surface area contributed by atoms with Crippen LogP contribution in [0.4, 0.5) is 0 Å². The molecule has 0 aliphatic carbocycles. The van der Waals surface area contributed by atoms with Crippen LogP contribution in [0.3, 0.4) is 0 Å². The molecule has 0 N–H and O–H groups in total. The van der Waals surface area contributed by atoms with Crippen LogP contribution in [-0.2, 0) is 26.2 Å². The van der Waals surface area contributed by atoms with Crippen LogP contribution in [0.1, 0.15) is 23.0 Å². The van der Waals surface area contributed by atoms with Crippen LogP contribution < -0.4 is 9.47 Å². The lowest BCUT2D eigenvalue weighted by atomic mass is 10.1. The van der Waals surface area contributed by atoms with Gasteiger partial charge >= 0.3 is 0 Å². The van der Waals surface area contributed by atoms with E-state index in [1.54, 1.807) is 0 Å². The first-order valence-corrected chi connectivity index (χ1v) is 12.1. The maximum absolute atomic E-state index is 6.33. The lowest BCUT2D eigenvalue weighted by molar-refractivity contribution is 0.151. The van der Waals surface area contributed by atoms with E-state index in [1.807, 2.05) is 24.3 Å². The lowest BCUT2D eigenvalue weighted by Crippen LogP contribution is -2.28. The van der Waals surface area contributed by atoms with E-state index in [1.165, 1.54) is 0 Å². The molecule has 178 valence electrons. The molecule has 7 heteroatoms. The fourth-order valence-electron chi connectivity index (χ4n) is 5.06. The van der Waals surface area contributed by atoms with Gasteiger partial charge in [0.15, 0.2) is 22.7 Å². The predicted molar refractivity (Wildman–Crippen MR) is 130 cm³/mol. The zero-order chi connectivity index (χ0) is 23.2. The Hall–Kier alpha value is -3.68. The fraction of sp³-hybridized carbons (Fsp3) is 0.286. The molecule has 6 heterocycles. The highest BCUT2D eigenvalue weighted by atomic mass is 16.5. The van der Waals surface area contributed by atoms with Gasteiger partial charge in [-0.25, -0.2) is 0 Å². The molecule has 35 heavy (non-hydrogen) atoms. The molecule has 0 spiro atoms. The summed E-state index contributed by atoms with van der Waals surface area (Å²) in [4.78, 5) is 4.58. The molecule has 5 aromatic rings. The van der Waals surface area contributed by atoms with Gasteiger partial charge in [0, 0.05) is 23.9 Å². The van der Waals surface area contributed by atoms with Crippen molar-refractivity contribution < 1.29 is 22.7 Å². The number of furan rings is 3. The first-order chi connectivity index (χ1) is 17.3. The number of fused-ring (bicyclic) bond motifs is 5. The Balaban J connectivity index is 1.31. The highest BCUT2D eigenvalue weighted by molar-refractivity contribution is 6.08. The zero-order valence-corrected chi connectivity index (χ0v) is 19.4. The third-order valence-electron chi connectivity index (χ3n) is 6.73. The Labute approximate surface area is 202 Å². The van der Waals surface area contributed by atoms with Crippen LogP contribution in [0.2, 0.25) is 0 Å². The summed E-state index contributed by atoms with van der Waals surface area (Å²) in [6, 6.07) is 20.4. The highest BCUT2D eigenvalue weighted by Crippen LogP contribution is 2.38. The topological polar surface area (TPSA) is 64.4 Å². The number of hydrogen-bond donors (Lipinski definition) is 0. The van der Waals surface area contributed by atoms with Gasteiger partial charge < -0.3 is 22.7 Å². The maximum Gasteiger partial charge on any atom is 0.177 e. The van der Waals surface area contributed by atoms with E-state index in [9.17, 15) is 0 Å². The summed E-state index contributed by atoms with van der Waals surface area (Å²) in [5.74, 6) is 5.23. The van der Waals surface area contributed by atoms with Crippen molar-refractivity contribution in [3.8, 4) is 11.5 Å². The largest absolute Gasteiger partial charge is 0.488 e. The van der Waals surface area contributed by atoms with Gasteiger partial charge in [-0.2, -0.15) is 0 Å². The lowest BCUT2D eigenvalue weighted by Gasteiger charge is -2.22. The van der Waals surface area contributed by atoms with Crippen LogP contribution in [0, 0.1) is 0 Å². The van der Waals surface area contributed by atoms with Gasteiger partial charge in [-0.15, -0.1) is 0 Å². The number of rotatable bonds is 0. The van der Waals surface area contributed by atoms with Crippen LogP contribution in [0.25, 0.3) is 21.9 Å². The van der Waals surface area contributed by atoms with Crippen molar-refractivity contribution in [3.05, 3.63) is 83.7 Å². The first kappa shape index (κ1) is 20.7. The van der Waals surface area contributed by atoms with Crippen LogP contribution in [0.5, 0.6) is 11.5 Å². The molecule has 3 aliphatic heterocycles. The van der Waals surface area contributed by atoms with Gasteiger partial charge in [0.2, 0.25) is 0 Å². The van der Waals surface area contributed by atoms with Crippen molar-refractivity contribution in [1.29, 1.82) is 0 Å². The number of benzene rings is 2. The minimum absolute atomic E-state index is 0.508. The van der Waals surface area contributed by atoms with E-state index in [0.717, 1.165) is 56.5 Å². The molecule has 7 nitrogen and oxygen atoms in total. The highest BCUT2D eigenvalue weighted by Gasteiger charge is 2.20. The molecule has 0 unspecified atom stereocenters. The minimum Gasteiger partial charge on any atom is -0.488 e. The van der Waals surface area contributed by atoms with Gasteiger partial charge in [-0.05, 0) is 36.4 Å². The SMILES string of the molecule is c1cc2c3oc4c(cccc4c3c1)OCCN1Cc3ccc(o3)CN(CCO2)Cc2ccc(o2)C1. The van der Waals surface area contributed by atoms with Gasteiger partial charge in [-0.3, -0.25) is 9.80 Å². The second-order valence-electron chi connectivity index (χ2n) is 9.22. The summed E-state index contributed by atoms with van der Waals surface area (Å²) in [6.45, 7) is 5.16. The molecule has 0 atom stereocenters. The molecule has 0 radical (unpaired) electrons. The number of nitrogens with zero attached hydrogens (tertiary/aromatic N) is 2. The second kappa shape index (κ2) is 8.52. The summed E-state index contributed by atoms with van der Waals surface area (Å²) in [7, 11) is 0. The third kappa shape index (κ3) is 3.96. The summed E-state index contributed by atoms with van der Waals surface area (Å²) in [5.41, 5.74) is 1.50. The van der Waals surface area contributed by atoms with E-state index in [4.69, 9.17) is 22.7 Å². The number of hydrogen-bond acceptors (Lipinski definition) is 7. The normalized spacial score (nSPS) is 20.7. The average molecular weight is 471 g/mol. The third-order valence-corrected chi connectivity index (χ3v) is 6.73. The standard InChI is InChI=1S/C28H26N2O5/c1-3-23-24-4-2-6-26-28(24)35-27(23)25(5-1)31-13-11-29-15-19-7-9-21(33-19)17-30(12-14-32-26)18-22-10-8-20(16-29)34-22/h1-10H,11-18H2. The van der Waals surface area contributed by atoms with Gasteiger partial charge in [0.05, 0.1) is 26.2 Å². The molecule has 3 aromatic heterocycles. The average Bonchev–Trinajstić information content (AvgIpc) is 3.58. The minimum atomic E-state index is 0.508. The zero-order valence-electron chi connectivity index (χ0n) is 19.4. The predicted octanol–water partition coefficient (Wildman–Crippen LogP) is 5.56. The molecule has 8 rings (SSSR count). The van der Waals surface area contributed by atoms with Crippen molar-refractivity contribution in [2.24, 2.45) is 0 Å². The number of para-hydroxylation sites is 2. The van der Waals surface area contributed by atoms with Crippen molar-refractivity contribution in [2.45, 2.75) is 26.2 Å². The van der Waals surface area contributed by atoms with Gasteiger partial charge in [0.1, 0.15) is 36.3 Å². The molecular formula is C28H26N2O5. The molecule has 0 amide bonds. The second-order valence-corrected chi connectivity index (χ2v) is 9.22. The number of ether oxygens (including phenoxy) is 2. The van der Waals surface area contributed by atoms with Crippen molar-refractivity contribution >= 4 is 21.9 Å². The maximum atomic E-state index is 6.33. The van der Waals surface area contributed by atoms with E-state index >= 15 is 0 Å². The molecule has 2 aromatic carbocycles. The Morgan fingerprint density at radius 3 is 1.34 bits per heavy atom. The summed E-state index contributed by atoms with van der Waals surface area (Å²) >= 11 is 0.